The molecule has 3 aromatic rings. The number of hydrogen-bond donors (Lipinski definition) is 0. The Morgan fingerprint density at radius 2 is 1.79 bits per heavy atom. The van der Waals surface area contributed by atoms with Gasteiger partial charge in [0.1, 0.15) is 5.82 Å². The molecule has 0 N–H and O–H groups in total. The van der Waals surface area contributed by atoms with E-state index in [1.807, 2.05) is 31.6 Å². The molecule has 4 heteroatoms. The minimum Gasteiger partial charge on any atom is -0.361 e. The lowest BCUT2D eigenvalue weighted by molar-refractivity contribution is 0.509. The molecule has 2 heterocycles. The summed E-state index contributed by atoms with van der Waals surface area (Å²) < 4.78 is 13.2. The molecule has 4 rings (SSSR count). The maximum atomic E-state index is 13.2. The fraction of sp³-hybridized carbons (Fsp3) is 0.100. The standard InChI is InChI=1S/C20H16FN3/c1-24-12-16-11-15(6-9-19(16)23-13-24)18-3-2-10-22-20(18)14-4-7-17(21)8-5-14/h2-11,13H,12H2,1H3. The quantitative estimate of drug-likeness (QED) is 0.688. The first-order valence-corrected chi connectivity index (χ1v) is 7.79. The van der Waals surface area contributed by atoms with Crippen LogP contribution in [0, 0.1) is 5.82 Å². The fourth-order valence-electron chi connectivity index (χ4n) is 2.95. The van der Waals surface area contributed by atoms with Crippen LogP contribution in [0.4, 0.5) is 10.1 Å². The normalized spacial score (nSPS) is 13.0. The van der Waals surface area contributed by atoms with Crippen LogP contribution in [0.5, 0.6) is 0 Å². The summed E-state index contributed by atoms with van der Waals surface area (Å²) in [5.74, 6) is -0.245. The number of benzene rings is 2. The topological polar surface area (TPSA) is 28.5 Å². The zero-order valence-corrected chi connectivity index (χ0v) is 13.3. The van der Waals surface area contributed by atoms with Crippen molar-refractivity contribution in [2.24, 2.45) is 4.99 Å². The summed E-state index contributed by atoms with van der Waals surface area (Å²) in [6.45, 7) is 0.832. The van der Waals surface area contributed by atoms with E-state index in [1.54, 1.807) is 18.3 Å². The summed E-state index contributed by atoms with van der Waals surface area (Å²) >= 11 is 0. The molecule has 0 atom stereocenters. The molecular formula is C20H16FN3. The van der Waals surface area contributed by atoms with Gasteiger partial charge in [0.15, 0.2) is 0 Å². The van der Waals surface area contributed by atoms with E-state index in [4.69, 9.17) is 0 Å². The molecule has 1 aromatic heterocycles. The molecule has 2 aromatic carbocycles. The maximum absolute atomic E-state index is 13.2. The Balaban J connectivity index is 1.82. The van der Waals surface area contributed by atoms with Gasteiger partial charge >= 0.3 is 0 Å². The average Bonchev–Trinajstić information content (AvgIpc) is 2.62. The number of rotatable bonds is 2. The van der Waals surface area contributed by atoms with Gasteiger partial charge in [-0.25, -0.2) is 9.38 Å². The van der Waals surface area contributed by atoms with Gasteiger partial charge in [0.2, 0.25) is 0 Å². The Labute approximate surface area is 140 Å². The largest absolute Gasteiger partial charge is 0.361 e. The van der Waals surface area contributed by atoms with E-state index in [2.05, 4.69) is 27.0 Å². The highest BCUT2D eigenvalue weighted by Crippen LogP contribution is 2.34. The van der Waals surface area contributed by atoms with E-state index >= 15 is 0 Å². The van der Waals surface area contributed by atoms with E-state index in [0.29, 0.717) is 0 Å². The Kier molecular flexibility index (Phi) is 3.58. The summed E-state index contributed by atoms with van der Waals surface area (Å²) in [4.78, 5) is 11.0. The highest BCUT2D eigenvalue weighted by atomic mass is 19.1. The number of pyridine rings is 1. The first-order valence-electron chi connectivity index (χ1n) is 7.79. The number of aromatic nitrogens is 1. The van der Waals surface area contributed by atoms with E-state index < -0.39 is 0 Å². The van der Waals surface area contributed by atoms with Crippen LogP contribution in [0.15, 0.2) is 65.8 Å². The number of nitrogens with zero attached hydrogens (tertiary/aromatic N) is 3. The molecular weight excluding hydrogens is 301 g/mol. The SMILES string of the molecule is CN1C=Nc2ccc(-c3cccnc3-c3ccc(F)cc3)cc2C1. The van der Waals surface area contributed by atoms with Crippen molar-refractivity contribution in [3.05, 3.63) is 72.2 Å². The molecule has 0 saturated heterocycles. The molecule has 0 amide bonds. The second kappa shape index (κ2) is 5.89. The third kappa shape index (κ3) is 2.67. The number of fused-ring (bicyclic) bond motifs is 1. The van der Waals surface area contributed by atoms with Crippen LogP contribution in [0.2, 0.25) is 0 Å². The lowest BCUT2D eigenvalue weighted by atomic mass is 9.97. The van der Waals surface area contributed by atoms with Crippen molar-refractivity contribution in [3.8, 4) is 22.4 Å². The second-order valence-electron chi connectivity index (χ2n) is 5.91. The molecule has 1 aliphatic heterocycles. The van der Waals surface area contributed by atoms with Crippen LogP contribution in [0.1, 0.15) is 5.56 Å². The first-order chi connectivity index (χ1) is 11.7. The Morgan fingerprint density at radius 1 is 1.00 bits per heavy atom. The van der Waals surface area contributed by atoms with Crippen molar-refractivity contribution in [1.82, 2.24) is 9.88 Å². The number of halogens is 1. The Morgan fingerprint density at radius 3 is 2.62 bits per heavy atom. The minimum atomic E-state index is -0.245. The van der Waals surface area contributed by atoms with Crippen molar-refractivity contribution in [2.75, 3.05) is 7.05 Å². The van der Waals surface area contributed by atoms with Gasteiger partial charge in [-0.15, -0.1) is 0 Å². The van der Waals surface area contributed by atoms with Gasteiger partial charge in [-0.3, -0.25) is 4.98 Å². The molecule has 0 unspecified atom stereocenters. The van der Waals surface area contributed by atoms with Crippen LogP contribution in [0.25, 0.3) is 22.4 Å². The number of hydrogen-bond acceptors (Lipinski definition) is 3. The van der Waals surface area contributed by atoms with E-state index in [1.165, 1.54) is 17.7 Å². The molecule has 0 aliphatic carbocycles. The van der Waals surface area contributed by atoms with E-state index in [9.17, 15) is 4.39 Å². The van der Waals surface area contributed by atoms with Gasteiger partial charge in [0.25, 0.3) is 0 Å². The molecule has 24 heavy (non-hydrogen) atoms. The second-order valence-corrected chi connectivity index (χ2v) is 5.91. The van der Waals surface area contributed by atoms with E-state index in [0.717, 1.165) is 34.6 Å². The van der Waals surface area contributed by atoms with Gasteiger partial charge in [-0.05, 0) is 53.6 Å². The lowest BCUT2D eigenvalue weighted by Gasteiger charge is -2.20. The van der Waals surface area contributed by atoms with E-state index in [-0.39, 0.29) is 5.82 Å². The summed E-state index contributed by atoms with van der Waals surface area (Å²) in [5, 5.41) is 0. The van der Waals surface area contributed by atoms with Crippen molar-refractivity contribution in [2.45, 2.75) is 6.54 Å². The molecule has 0 bridgehead atoms. The monoisotopic (exact) mass is 317 g/mol. The predicted molar refractivity (Wildman–Crippen MR) is 94.7 cm³/mol. The summed E-state index contributed by atoms with van der Waals surface area (Å²) in [6.07, 6.45) is 3.61. The van der Waals surface area contributed by atoms with Gasteiger partial charge in [-0.1, -0.05) is 12.1 Å². The van der Waals surface area contributed by atoms with Crippen molar-refractivity contribution in [1.29, 1.82) is 0 Å². The molecule has 0 spiro atoms. The van der Waals surface area contributed by atoms with Crippen LogP contribution < -0.4 is 0 Å². The molecule has 3 nitrogen and oxygen atoms in total. The Bertz CT molecular complexity index is 916. The highest BCUT2D eigenvalue weighted by Gasteiger charge is 2.13. The maximum Gasteiger partial charge on any atom is 0.123 e. The zero-order chi connectivity index (χ0) is 16.5. The average molecular weight is 317 g/mol. The molecule has 1 aliphatic rings. The minimum absolute atomic E-state index is 0.245. The van der Waals surface area contributed by atoms with Crippen molar-refractivity contribution < 1.29 is 4.39 Å². The van der Waals surface area contributed by atoms with Gasteiger partial charge < -0.3 is 4.90 Å². The lowest BCUT2D eigenvalue weighted by Crippen LogP contribution is -2.18. The van der Waals surface area contributed by atoms with Crippen molar-refractivity contribution >= 4 is 12.0 Å². The zero-order valence-electron chi connectivity index (χ0n) is 13.3. The van der Waals surface area contributed by atoms with Crippen LogP contribution in [-0.4, -0.2) is 23.3 Å². The fourth-order valence-corrected chi connectivity index (χ4v) is 2.95. The van der Waals surface area contributed by atoms with Gasteiger partial charge in [0, 0.05) is 30.9 Å². The third-order valence-electron chi connectivity index (χ3n) is 4.13. The van der Waals surface area contributed by atoms with Crippen LogP contribution in [-0.2, 0) is 6.54 Å². The molecule has 0 saturated carbocycles. The first kappa shape index (κ1) is 14.6. The third-order valence-corrected chi connectivity index (χ3v) is 4.13. The molecule has 0 radical (unpaired) electrons. The van der Waals surface area contributed by atoms with Gasteiger partial charge in [-0.2, -0.15) is 0 Å². The number of aliphatic imine (C=N–C) groups is 1. The molecule has 118 valence electrons. The highest BCUT2D eigenvalue weighted by molar-refractivity contribution is 5.82. The molecule has 0 fully saturated rings. The van der Waals surface area contributed by atoms with Crippen LogP contribution >= 0.6 is 0 Å². The van der Waals surface area contributed by atoms with Crippen molar-refractivity contribution in [3.63, 3.8) is 0 Å². The van der Waals surface area contributed by atoms with Crippen LogP contribution in [0.3, 0.4) is 0 Å². The predicted octanol–water partition coefficient (Wildman–Crippen LogP) is 4.66. The summed E-state index contributed by atoms with van der Waals surface area (Å²) in [5.41, 5.74) is 6.07. The van der Waals surface area contributed by atoms with Gasteiger partial charge in [0.05, 0.1) is 17.7 Å². The summed E-state index contributed by atoms with van der Waals surface area (Å²) in [7, 11) is 2.01. The summed E-state index contributed by atoms with van der Waals surface area (Å²) in [6, 6.07) is 16.7. The Hall–Kier alpha value is -3.01. The smallest absolute Gasteiger partial charge is 0.123 e.